The third kappa shape index (κ3) is 3.70. The van der Waals surface area contributed by atoms with Crippen molar-refractivity contribution in [1.29, 1.82) is 0 Å². The van der Waals surface area contributed by atoms with Crippen molar-refractivity contribution < 1.29 is 14.6 Å². The zero-order chi connectivity index (χ0) is 15.4. The lowest BCUT2D eigenvalue weighted by atomic mass is 10.1. The molecule has 1 atom stereocenters. The minimum absolute atomic E-state index is 0.473. The SMILES string of the molecule is CCOc1cc(Cl)c(C(O)c2ccc(C)s2)cc1OCC. The summed E-state index contributed by atoms with van der Waals surface area (Å²) in [5.74, 6) is 1.20. The van der Waals surface area contributed by atoms with Gasteiger partial charge in [0.1, 0.15) is 6.10 Å². The highest BCUT2D eigenvalue weighted by Gasteiger charge is 2.19. The van der Waals surface area contributed by atoms with E-state index in [1.807, 2.05) is 32.9 Å². The number of halogens is 1. The zero-order valence-electron chi connectivity index (χ0n) is 12.4. The van der Waals surface area contributed by atoms with Gasteiger partial charge in [-0.2, -0.15) is 0 Å². The second kappa shape index (κ2) is 7.16. The third-order valence-corrected chi connectivity index (χ3v) is 4.37. The Balaban J connectivity index is 2.40. The van der Waals surface area contributed by atoms with Crippen molar-refractivity contribution in [3.8, 4) is 11.5 Å². The number of ether oxygens (including phenoxy) is 2. The molecule has 0 bridgehead atoms. The van der Waals surface area contributed by atoms with E-state index in [0.29, 0.717) is 35.3 Å². The summed E-state index contributed by atoms with van der Waals surface area (Å²) in [6, 6.07) is 7.36. The number of aliphatic hydroxyl groups excluding tert-OH is 1. The second-order valence-corrected chi connectivity index (χ2v) is 6.26. The molecule has 0 aliphatic rings. The van der Waals surface area contributed by atoms with Crippen LogP contribution in [0.15, 0.2) is 24.3 Å². The summed E-state index contributed by atoms with van der Waals surface area (Å²) in [5, 5.41) is 11.0. The quantitative estimate of drug-likeness (QED) is 0.843. The monoisotopic (exact) mass is 326 g/mol. The van der Waals surface area contributed by atoms with Gasteiger partial charge in [0, 0.05) is 21.4 Å². The minimum Gasteiger partial charge on any atom is -0.490 e. The molecule has 0 fully saturated rings. The van der Waals surface area contributed by atoms with Crippen molar-refractivity contribution in [2.45, 2.75) is 26.9 Å². The molecule has 114 valence electrons. The van der Waals surface area contributed by atoms with Gasteiger partial charge in [-0.05, 0) is 39.0 Å². The summed E-state index contributed by atoms with van der Waals surface area (Å²) in [7, 11) is 0. The van der Waals surface area contributed by atoms with Crippen LogP contribution in [0.4, 0.5) is 0 Å². The van der Waals surface area contributed by atoms with Crippen LogP contribution >= 0.6 is 22.9 Å². The van der Waals surface area contributed by atoms with Gasteiger partial charge in [-0.3, -0.25) is 0 Å². The van der Waals surface area contributed by atoms with E-state index in [9.17, 15) is 5.11 Å². The molecule has 21 heavy (non-hydrogen) atoms. The molecule has 1 N–H and O–H groups in total. The van der Waals surface area contributed by atoms with E-state index in [4.69, 9.17) is 21.1 Å². The van der Waals surface area contributed by atoms with Crippen LogP contribution in [0.2, 0.25) is 5.02 Å². The molecule has 1 heterocycles. The normalized spacial score (nSPS) is 12.2. The summed E-state index contributed by atoms with van der Waals surface area (Å²) in [6.07, 6.45) is -0.758. The smallest absolute Gasteiger partial charge is 0.162 e. The molecule has 0 amide bonds. The standard InChI is InChI=1S/C16H19ClO3S/c1-4-19-13-8-11(12(17)9-14(13)20-5-2)16(18)15-7-6-10(3)21-15/h6-9,16,18H,4-5H2,1-3H3. The van der Waals surface area contributed by atoms with Crippen molar-refractivity contribution in [3.05, 3.63) is 44.6 Å². The number of aryl methyl sites for hydroxylation is 1. The summed E-state index contributed by atoms with van der Waals surface area (Å²) >= 11 is 7.85. The first-order chi connectivity index (χ1) is 10.1. The Bertz CT molecular complexity index is 610. The van der Waals surface area contributed by atoms with E-state index in [2.05, 4.69) is 0 Å². The maximum absolute atomic E-state index is 10.5. The number of hydrogen-bond acceptors (Lipinski definition) is 4. The topological polar surface area (TPSA) is 38.7 Å². The molecular weight excluding hydrogens is 308 g/mol. The van der Waals surface area contributed by atoms with E-state index in [1.165, 1.54) is 0 Å². The van der Waals surface area contributed by atoms with E-state index in [1.54, 1.807) is 23.5 Å². The van der Waals surface area contributed by atoms with Crippen molar-refractivity contribution in [2.75, 3.05) is 13.2 Å². The maximum Gasteiger partial charge on any atom is 0.162 e. The first-order valence-corrected chi connectivity index (χ1v) is 8.09. The lowest BCUT2D eigenvalue weighted by Gasteiger charge is -2.16. The van der Waals surface area contributed by atoms with Gasteiger partial charge in [-0.25, -0.2) is 0 Å². The Hall–Kier alpha value is -1.23. The van der Waals surface area contributed by atoms with Gasteiger partial charge in [0.25, 0.3) is 0 Å². The molecule has 0 aliphatic heterocycles. The molecule has 5 heteroatoms. The van der Waals surface area contributed by atoms with Crippen LogP contribution in [0.25, 0.3) is 0 Å². The molecule has 1 aromatic carbocycles. The van der Waals surface area contributed by atoms with E-state index >= 15 is 0 Å². The molecule has 0 saturated heterocycles. The average molecular weight is 327 g/mol. The predicted molar refractivity (Wildman–Crippen MR) is 86.9 cm³/mol. The van der Waals surface area contributed by atoms with Crippen LogP contribution in [0.3, 0.4) is 0 Å². The van der Waals surface area contributed by atoms with Gasteiger partial charge in [0.15, 0.2) is 11.5 Å². The van der Waals surface area contributed by atoms with Crippen LogP contribution in [0, 0.1) is 6.92 Å². The number of hydrogen-bond donors (Lipinski definition) is 1. The first-order valence-electron chi connectivity index (χ1n) is 6.90. The molecule has 0 spiro atoms. The van der Waals surface area contributed by atoms with Crippen LogP contribution in [0.5, 0.6) is 11.5 Å². The van der Waals surface area contributed by atoms with Crippen molar-refractivity contribution >= 4 is 22.9 Å². The molecule has 2 aromatic rings. The van der Waals surface area contributed by atoms with Gasteiger partial charge in [-0.15, -0.1) is 11.3 Å². The van der Waals surface area contributed by atoms with Crippen molar-refractivity contribution in [2.24, 2.45) is 0 Å². The lowest BCUT2D eigenvalue weighted by Crippen LogP contribution is -2.03. The Morgan fingerprint density at radius 1 is 1.14 bits per heavy atom. The average Bonchev–Trinajstić information content (AvgIpc) is 2.88. The number of rotatable bonds is 6. The van der Waals surface area contributed by atoms with Gasteiger partial charge in [0.05, 0.1) is 18.2 Å². The highest BCUT2D eigenvalue weighted by atomic mass is 35.5. The number of benzene rings is 1. The third-order valence-electron chi connectivity index (χ3n) is 2.99. The Kier molecular flexibility index (Phi) is 5.51. The molecule has 0 radical (unpaired) electrons. The van der Waals surface area contributed by atoms with Crippen LogP contribution in [-0.4, -0.2) is 18.3 Å². The minimum atomic E-state index is -0.758. The van der Waals surface area contributed by atoms with Crippen molar-refractivity contribution in [3.63, 3.8) is 0 Å². The van der Waals surface area contributed by atoms with Gasteiger partial charge in [0.2, 0.25) is 0 Å². The van der Waals surface area contributed by atoms with Crippen molar-refractivity contribution in [1.82, 2.24) is 0 Å². The fourth-order valence-corrected chi connectivity index (χ4v) is 3.19. The molecule has 1 aromatic heterocycles. The van der Waals surface area contributed by atoms with Crippen LogP contribution in [-0.2, 0) is 0 Å². The fourth-order valence-electron chi connectivity index (χ4n) is 2.05. The maximum atomic E-state index is 10.5. The zero-order valence-corrected chi connectivity index (χ0v) is 13.9. The molecule has 2 rings (SSSR count). The Morgan fingerprint density at radius 2 is 1.76 bits per heavy atom. The Labute approximate surface area is 134 Å². The fraction of sp³-hybridized carbons (Fsp3) is 0.375. The molecule has 0 aliphatic carbocycles. The van der Waals surface area contributed by atoms with Gasteiger partial charge >= 0.3 is 0 Å². The molecule has 3 nitrogen and oxygen atoms in total. The summed E-state index contributed by atoms with van der Waals surface area (Å²) in [5.41, 5.74) is 0.630. The molecule has 0 saturated carbocycles. The number of thiophene rings is 1. The second-order valence-electron chi connectivity index (χ2n) is 4.54. The van der Waals surface area contributed by atoms with E-state index < -0.39 is 6.10 Å². The van der Waals surface area contributed by atoms with Crippen LogP contribution < -0.4 is 9.47 Å². The molecule has 1 unspecified atom stereocenters. The summed E-state index contributed by atoms with van der Waals surface area (Å²) in [4.78, 5) is 2.01. The highest BCUT2D eigenvalue weighted by molar-refractivity contribution is 7.12. The predicted octanol–water partition coefficient (Wildman–Crippen LogP) is 4.59. The van der Waals surface area contributed by atoms with Gasteiger partial charge < -0.3 is 14.6 Å². The molecular formula is C16H19ClO3S. The summed E-state index contributed by atoms with van der Waals surface area (Å²) < 4.78 is 11.1. The van der Waals surface area contributed by atoms with Crippen LogP contribution in [0.1, 0.15) is 35.3 Å². The highest BCUT2D eigenvalue weighted by Crippen LogP contribution is 2.39. The summed E-state index contributed by atoms with van der Waals surface area (Å²) in [6.45, 7) is 6.87. The lowest BCUT2D eigenvalue weighted by molar-refractivity contribution is 0.222. The largest absolute Gasteiger partial charge is 0.490 e. The Morgan fingerprint density at radius 3 is 2.29 bits per heavy atom. The van der Waals surface area contributed by atoms with E-state index in [-0.39, 0.29) is 0 Å². The van der Waals surface area contributed by atoms with Gasteiger partial charge in [-0.1, -0.05) is 11.6 Å². The first kappa shape index (κ1) is 16.1. The van der Waals surface area contributed by atoms with E-state index in [0.717, 1.165) is 9.75 Å². The number of aliphatic hydroxyl groups is 1.